The molecule has 0 spiro atoms. The summed E-state index contributed by atoms with van der Waals surface area (Å²) in [6, 6.07) is 5.93. The third-order valence-electron chi connectivity index (χ3n) is 3.92. The van der Waals surface area contributed by atoms with Gasteiger partial charge in [0.25, 0.3) is 0 Å². The maximum absolute atomic E-state index is 13.2. The molecule has 1 aromatic carbocycles. The Morgan fingerprint density at radius 3 is 2.50 bits per heavy atom. The third-order valence-corrected chi connectivity index (χ3v) is 3.92. The van der Waals surface area contributed by atoms with Crippen LogP contribution in [-0.2, 0) is 10.9 Å². The molecule has 1 atom stereocenters. The summed E-state index contributed by atoms with van der Waals surface area (Å²) in [6.45, 7) is 1.83. The van der Waals surface area contributed by atoms with Gasteiger partial charge in [0.05, 0.1) is 5.56 Å². The van der Waals surface area contributed by atoms with Crippen molar-refractivity contribution in [3.63, 3.8) is 0 Å². The number of hydrogen-bond donors (Lipinski definition) is 1. The van der Waals surface area contributed by atoms with Crippen LogP contribution in [0.1, 0.15) is 29.9 Å². The molecule has 1 aromatic rings. The van der Waals surface area contributed by atoms with E-state index in [4.69, 9.17) is 4.74 Å². The van der Waals surface area contributed by atoms with Crippen LogP contribution in [0.2, 0.25) is 0 Å². The molecule has 112 valence electrons. The zero-order chi connectivity index (χ0) is 14.6. The maximum atomic E-state index is 13.2. The summed E-state index contributed by atoms with van der Waals surface area (Å²) in [5.74, 6) is 0.112. The first-order valence-electron chi connectivity index (χ1n) is 6.92. The van der Waals surface area contributed by atoms with Gasteiger partial charge in [-0.2, -0.15) is 13.2 Å². The van der Waals surface area contributed by atoms with Crippen LogP contribution in [0.5, 0.6) is 0 Å². The van der Waals surface area contributed by atoms with E-state index in [-0.39, 0.29) is 11.8 Å². The normalized spacial score (nSPS) is 19.0. The first-order valence-corrected chi connectivity index (χ1v) is 6.92. The van der Waals surface area contributed by atoms with E-state index in [1.807, 2.05) is 0 Å². The van der Waals surface area contributed by atoms with E-state index < -0.39 is 11.7 Å². The van der Waals surface area contributed by atoms with Crippen molar-refractivity contribution in [2.24, 2.45) is 5.92 Å². The van der Waals surface area contributed by atoms with Crippen LogP contribution in [-0.4, -0.2) is 26.8 Å². The number of likely N-dealkylation sites (N-methyl/N-ethyl adjacent to an activating group) is 1. The topological polar surface area (TPSA) is 21.3 Å². The zero-order valence-electron chi connectivity index (χ0n) is 11.5. The molecule has 1 heterocycles. The first kappa shape index (κ1) is 15.3. The summed E-state index contributed by atoms with van der Waals surface area (Å²) in [6.07, 6.45) is -2.66. The lowest BCUT2D eigenvalue weighted by Crippen LogP contribution is -2.30. The van der Waals surface area contributed by atoms with Crippen LogP contribution in [0.25, 0.3) is 0 Å². The summed E-state index contributed by atoms with van der Waals surface area (Å²) in [7, 11) is 1.78. The van der Waals surface area contributed by atoms with Crippen LogP contribution < -0.4 is 5.32 Å². The molecule has 1 aliphatic heterocycles. The van der Waals surface area contributed by atoms with Crippen LogP contribution in [0.3, 0.4) is 0 Å². The summed E-state index contributed by atoms with van der Waals surface area (Å²) < 4.78 is 44.8. The van der Waals surface area contributed by atoms with Crippen molar-refractivity contribution in [2.75, 3.05) is 26.8 Å². The van der Waals surface area contributed by atoms with Gasteiger partial charge >= 0.3 is 6.18 Å². The lowest BCUT2D eigenvalue weighted by molar-refractivity contribution is -0.138. The third kappa shape index (κ3) is 3.52. The van der Waals surface area contributed by atoms with E-state index in [1.165, 1.54) is 12.1 Å². The minimum atomic E-state index is -4.30. The molecule has 0 amide bonds. The Kier molecular flexibility index (Phi) is 5.05. The molecule has 0 aromatic heterocycles. The monoisotopic (exact) mass is 287 g/mol. The van der Waals surface area contributed by atoms with E-state index in [0.717, 1.165) is 12.8 Å². The Morgan fingerprint density at radius 1 is 1.25 bits per heavy atom. The Labute approximate surface area is 117 Å². The second kappa shape index (κ2) is 6.59. The average molecular weight is 287 g/mol. The van der Waals surface area contributed by atoms with Gasteiger partial charge < -0.3 is 10.1 Å². The van der Waals surface area contributed by atoms with E-state index in [2.05, 4.69) is 5.32 Å². The lowest BCUT2D eigenvalue weighted by Gasteiger charge is -2.32. The quantitative estimate of drug-likeness (QED) is 0.916. The number of rotatable bonds is 4. The van der Waals surface area contributed by atoms with Gasteiger partial charge in [0.2, 0.25) is 0 Å². The van der Waals surface area contributed by atoms with Crippen LogP contribution in [0.4, 0.5) is 13.2 Å². The lowest BCUT2D eigenvalue weighted by atomic mass is 9.79. The average Bonchev–Trinajstić information content (AvgIpc) is 2.45. The highest BCUT2D eigenvalue weighted by molar-refractivity contribution is 5.33. The molecular weight excluding hydrogens is 267 g/mol. The molecule has 1 unspecified atom stereocenters. The van der Waals surface area contributed by atoms with E-state index >= 15 is 0 Å². The largest absolute Gasteiger partial charge is 0.416 e. The Balaban J connectivity index is 2.33. The number of halogens is 3. The molecule has 1 saturated heterocycles. The predicted molar refractivity (Wildman–Crippen MR) is 71.7 cm³/mol. The second-order valence-corrected chi connectivity index (χ2v) is 5.20. The maximum Gasteiger partial charge on any atom is 0.416 e. The van der Waals surface area contributed by atoms with E-state index in [9.17, 15) is 13.2 Å². The molecule has 5 heteroatoms. The predicted octanol–water partition coefficient (Wildman–Crippen LogP) is 3.44. The summed E-state index contributed by atoms with van der Waals surface area (Å²) >= 11 is 0. The number of hydrogen-bond acceptors (Lipinski definition) is 2. The van der Waals surface area contributed by atoms with Crippen LogP contribution in [0, 0.1) is 5.92 Å². The second-order valence-electron chi connectivity index (χ2n) is 5.20. The first-order chi connectivity index (χ1) is 9.54. The summed E-state index contributed by atoms with van der Waals surface area (Å²) in [5.41, 5.74) is -0.104. The highest BCUT2D eigenvalue weighted by Gasteiger charge is 2.36. The van der Waals surface area contributed by atoms with Gasteiger partial charge in [-0.15, -0.1) is 0 Å². The minimum absolute atomic E-state index is 0.123. The van der Waals surface area contributed by atoms with Crippen molar-refractivity contribution in [2.45, 2.75) is 24.9 Å². The van der Waals surface area contributed by atoms with E-state index in [1.54, 1.807) is 19.2 Å². The standard InChI is InChI=1S/C15H20F3NO/c1-19-10-13(11-6-8-20-9-7-11)12-4-2-3-5-14(12)15(16,17)18/h2-5,11,13,19H,6-10H2,1H3. The van der Waals surface area contributed by atoms with Crippen LogP contribution in [0.15, 0.2) is 24.3 Å². The number of alkyl halides is 3. The number of ether oxygens (including phenoxy) is 1. The Hall–Kier alpha value is -1.07. The number of nitrogens with one attached hydrogen (secondary N) is 1. The fourth-order valence-electron chi connectivity index (χ4n) is 2.95. The zero-order valence-corrected chi connectivity index (χ0v) is 11.5. The molecular formula is C15H20F3NO. The van der Waals surface area contributed by atoms with Gasteiger partial charge in [-0.1, -0.05) is 18.2 Å². The molecule has 0 bridgehead atoms. The fourth-order valence-corrected chi connectivity index (χ4v) is 2.95. The van der Waals surface area contributed by atoms with Gasteiger partial charge in [-0.05, 0) is 43.4 Å². The molecule has 2 nitrogen and oxygen atoms in total. The highest BCUT2D eigenvalue weighted by atomic mass is 19.4. The van der Waals surface area contributed by atoms with Crippen molar-refractivity contribution in [3.05, 3.63) is 35.4 Å². The highest BCUT2D eigenvalue weighted by Crippen LogP contribution is 2.39. The molecule has 2 rings (SSSR count). The van der Waals surface area contributed by atoms with E-state index in [0.29, 0.717) is 25.3 Å². The van der Waals surface area contributed by atoms with Gasteiger partial charge in [-0.3, -0.25) is 0 Å². The van der Waals surface area contributed by atoms with Crippen LogP contribution >= 0.6 is 0 Å². The minimum Gasteiger partial charge on any atom is -0.381 e. The van der Waals surface area contributed by atoms with Crippen molar-refractivity contribution >= 4 is 0 Å². The summed E-state index contributed by atoms with van der Waals surface area (Å²) in [5, 5.41) is 3.03. The molecule has 0 aliphatic carbocycles. The SMILES string of the molecule is CNCC(c1ccccc1C(F)(F)F)C1CCOCC1. The van der Waals surface area contributed by atoms with Crippen molar-refractivity contribution < 1.29 is 17.9 Å². The molecule has 1 aliphatic rings. The molecule has 0 radical (unpaired) electrons. The molecule has 20 heavy (non-hydrogen) atoms. The smallest absolute Gasteiger partial charge is 0.381 e. The van der Waals surface area contributed by atoms with Crippen molar-refractivity contribution in [3.8, 4) is 0 Å². The molecule has 1 fully saturated rings. The van der Waals surface area contributed by atoms with Gasteiger partial charge in [0.15, 0.2) is 0 Å². The Bertz CT molecular complexity index is 427. The van der Waals surface area contributed by atoms with Gasteiger partial charge in [-0.25, -0.2) is 0 Å². The fraction of sp³-hybridized carbons (Fsp3) is 0.600. The van der Waals surface area contributed by atoms with Gasteiger partial charge in [0, 0.05) is 19.8 Å². The number of benzene rings is 1. The molecule has 1 N–H and O–H groups in total. The summed E-state index contributed by atoms with van der Waals surface area (Å²) in [4.78, 5) is 0. The van der Waals surface area contributed by atoms with Crippen molar-refractivity contribution in [1.82, 2.24) is 5.32 Å². The van der Waals surface area contributed by atoms with Crippen molar-refractivity contribution in [1.29, 1.82) is 0 Å². The van der Waals surface area contributed by atoms with Gasteiger partial charge in [0.1, 0.15) is 0 Å². The Morgan fingerprint density at radius 2 is 1.90 bits per heavy atom. The molecule has 0 saturated carbocycles.